The van der Waals surface area contributed by atoms with Gasteiger partial charge in [0.1, 0.15) is 11.5 Å². The van der Waals surface area contributed by atoms with Crippen molar-refractivity contribution in [1.82, 2.24) is 5.23 Å². The molecule has 0 bridgehead atoms. The van der Waals surface area contributed by atoms with Gasteiger partial charge in [-0.3, -0.25) is 15.2 Å². The highest BCUT2D eigenvalue weighted by molar-refractivity contribution is 7.92. The molecule has 1 aliphatic heterocycles. The summed E-state index contributed by atoms with van der Waals surface area (Å²) in [5, 5.41) is 16.3. The predicted molar refractivity (Wildman–Crippen MR) is 93.3 cm³/mol. The molecular formula is C18H19NO7S. The van der Waals surface area contributed by atoms with Crippen molar-refractivity contribution in [3.05, 3.63) is 54.6 Å². The van der Waals surface area contributed by atoms with E-state index in [2.05, 4.69) is 0 Å². The maximum Gasteiger partial charge on any atom is 0.279 e. The summed E-state index contributed by atoms with van der Waals surface area (Å²) in [4.78, 5) is 11.9. The Kier molecular flexibility index (Phi) is 5.76. The van der Waals surface area contributed by atoms with Gasteiger partial charge in [0, 0.05) is 6.61 Å². The zero-order valence-corrected chi connectivity index (χ0v) is 15.1. The highest BCUT2D eigenvalue weighted by Crippen LogP contribution is 2.30. The van der Waals surface area contributed by atoms with Crippen LogP contribution in [0.15, 0.2) is 59.5 Å². The van der Waals surface area contributed by atoms with E-state index in [9.17, 15) is 13.2 Å². The van der Waals surface area contributed by atoms with Crippen LogP contribution in [0.3, 0.4) is 0 Å². The number of carbonyl (C=O) groups excluding carboxylic acids is 1. The van der Waals surface area contributed by atoms with Gasteiger partial charge in [0.05, 0.1) is 22.7 Å². The minimum Gasteiger partial charge on any atom is -0.457 e. The van der Waals surface area contributed by atoms with Crippen molar-refractivity contribution < 1.29 is 33.1 Å². The lowest BCUT2D eigenvalue weighted by Crippen LogP contribution is -2.46. The smallest absolute Gasteiger partial charge is 0.279 e. The third-order valence-corrected chi connectivity index (χ3v) is 6.63. The molecule has 9 heteroatoms. The molecule has 2 atom stereocenters. The fourth-order valence-corrected chi connectivity index (χ4v) is 4.86. The van der Waals surface area contributed by atoms with E-state index < -0.39 is 32.1 Å². The van der Waals surface area contributed by atoms with Crippen molar-refractivity contribution in [1.29, 1.82) is 0 Å². The molecule has 27 heavy (non-hydrogen) atoms. The average molecular weight is 393 g/mol. The summed E-state index contributed by atoms with van der Waals surface area (Å²) in [6.07, 6.45) is 0.0782. The first-order valence-electron chi connectivity index (χ1n) is 8.26. The van der Waals surface area contributed by atoms with E-state index in [0.717, 1.165) is 0 Å². The quantitative estimate of drug-likeness (QED) is 0.592. The molecule has 8 nitrogen and oxygen atoms in total. The molecule has 0 spiro atoms. The summed E-state index contributed by atoms with van der Waals surface area (Å²) in [6, 6.07) is 14.9. The fourth-order valence-electron chi connectivity index (χ4n) is 2.97. The number of ether oxygens (including phenoxy) is 2. The van der Waals surface area contributed by atoms with Crippen molar-refractivity contribution in [2.45, 2.75) is 16.6 Å². The van der Waals surface area contributed by atoms with Gasteiger partial charge >= 0.3 is 0 Å². The van der Waals surface area contributed by atoms with Crippen LogP contribution in [-0.2, 0) is 19.4 Å². The van der Waals surface area contributed by atoms with Gasteiger partial charge in [0.15, 0.2) is 9.84 Å². The van der Waals surface area contributed by atoms with E-state index in [1.54, 1.807) is 12.1 Å². The summed E-state index contributed by atoms with van der Waals surface area (Å²) in [6.45, 7) is -0.0325. The lowest BCUT2D eigenvalue weighted by Gasteiger charge is -2.30. The first kappa shape index (κ1) is 19.3. The van der Waals surface area contributed by atoms with Crippen LogP contribution >= 0.6 is 0 Å². The van der Waals surface area contributed by atoms with Gasteiger partial charge in [0.2, 0.25) is 0 Å². The minimum atomic E-state index is -3.88. The van der Waals surface area contributed by atoms with Crippen LogP contribution in [0.5, 0.6) is 11.5 Å². The van der Waals surface area contributed by atoms with Crippen LogP contribution < -0.4 is 4.74 Å². The third-order valence-electron chi connectivity index (χ3n) is 4.34. The van der Waals surface area contributed by atoms with E-state index in [-0.39, 0.29) is 24.5 Å². The molecule has 2 N–H and O–H groups in total. The first-order valence-corrected chi connectivity index (χ1v) is 9.80. The maximum atomic E-state index is 13.0. The van der Waals surface area contributed by atoms with Crippen molar-refractivity contribution in [3.63, 3.8) is 0 Å². The number of amides is 1. The van der Waals surface area contributed by atoms with Gasteiger partial charge in [-0.05, 0) is 42.8 Å². The van der Waals surface area contributed by atoms with Crippen LogP contribution in [0.1, 0.15) is 6.42 Å². The Morgan fingerprint density at radius 1 is 1.04 bits per heavy atom. The Labute approximate surface area is 156 Å². The van der Waals surface area contributed by atoms with E-state index >= 15 is 0 Å². The number of rotatable bonds is 5. The molecule has 0 aromatic heterocycles. The molecule has 0 aliphatic carbocycles. The molecule has 3 rings (SSSR count). The zero-order chi connectivity index (χ0) is 19.4. The van der Waals surface area contributed by atoms with Gasteiger partial charge in [0.25, 0.3) is 5.91 Å². The Bertz CT molecular complexity index is 882. The second-order valence-corrected chi connectivity index (χ2v) is 8.23. The molecule has 2 unspecified atom stereocenters. The molecule has 1 fully saturated rings. The van der Waals surface area contributed by atoms with Crippen molar-refractivity contribution in [2.24, 2.45) is 5.92 Å². The molecule has 1 amide bonds. The topological polar surface area (TPSA) is 113 Å². The second kappa shape index (κ2) is 8.05. The molecule has 0 saturated carbocycles. The molecule has 0 radical (unpaired) electrons. The number of hydrogen-bond acceptors (Lipinski definition) is 7. The number of hydrogen-bond donors (Lipinski definition) is 2. The summed E-state index contributed by atoms with van der Waals surface area (Å²) >= 11 is 0. The number of para-hydroxylation sites is 1. The molecular weight excluding hydrogens is 374 g/mol. The Morgan fingerprint density at radius 3 is 2.30 bits per heavy atom. The standard InChI is InChI=1S/C18H19NO7S/c20-18(19(21)22)16-12-25-11-10-17(16)27(23,24)15-8-6-14(7-9-15)26-13-4-2-1-3-5-13/h1-9,16-17,21-22H,10-12H2. The lowest BCUT2D eigenvalue weighted by molar-refractivity contribution is -0.289. The third kappa shape index (κ3) is 4.28. The van der Waals surface area contributed by atoms with E-state index in [1.807, 2.05) is 18.2 Å². The van der Waals surface area contributed by atoms with Crippen molar-refractivity contribution in [2.75, 3.05) is 13.2 Å². The summed E-state index contributed by atoms with van der Waals surface area (Å²) in [5.74, 6) is -1.22. The number of hydroxylamine groups is 2. The van der Waals surface area contributed by atoms with Crippen LogP contribution in [-0.4, -0.2) is 48.4 Å². The van der Waals surface area contributed by atoms with Gasteiger partial charge in [-0.1, -0.05) is 23.4 Å². The Balaban J connectivity index is 1.82. The molecule has 2 aromatic rings. The van der Waals surface area contributed by atoms with Crippen molar-refractivity contribution in [3.8, 4) is 11.5 Å². The molecule has 1 aliphatic rings. The molecule has 2 aromatic carbocycles. The predicted octanol–water partition coefficient (Wildman–Crippen LogP) is 2.26. The van der Waals surface area contributed by atoms with Gasteiger partial charge in [-0.25, -0.2) is 8.42 Å². The van der Waals surface area contributed by atoms with E-state index in [4.69, 9.17) is 19.9 Å². The summed E-state index contributed by atoms with van der Waals surface area (Å²) in [5.41, 5.74) is 0. The van der Waals surface area contributed by atoms with E-state index in [0.29, 0.717) is 11.5 Å². The summed E-state index contributed by atoms with van der Waals surface area (Å²) in [7, 11) is -3.88. The van der Waals surface area contributed by atoms with Crippen LogP contribution in [0.25, 0.3) is 0 Å². The summed E-state index contributed by atoms with van der Waals surface area (Å²) < 4.78 is 36.7. The molecule has 144 valence electrons. The largest absolute Gasteiger partial charge is 0.457 e. The number of carbonyl (C=O) groups is 1. The van der Waals surface area contributed by atoms with Gasteiger partial charge in [-0.2, -0.15) is 0 Å². The monoisotopic (exact) mass is 393 g/mol. The normalized spacial score (nSPS) is 20.1. The van der Waals surface area contributed by atoms with Crippen LogP contribution in [0, 0.1) is 5.92 Å². The van der Waals surface area contributed by atoms with E-state index in [1.165, 1.54) is 24.3 Å². The highest BCUT2D eigenvalue weighted by Gasteiger charge is 2.42. The maximum absolute atomic E-state index is 13.0. The molecule has 1 heterocycles. The van der Waals surface area contributed by atoms with Gasteiger partial charge < -0.3 is 9.47 Å². The van der Waals surface area contributed by atoms with Gasteiger partial charge in [-0.15, -0.1) is 0 Å². The second-order valence-electron chi connectivity index (χ2n) is 6.07. The highest BCUT2D eigenvalue weighted by atomic mass is 32.2. The zero-order valence-electron chi connectivity index (χ0n) is 14.3. The number of nitrogens with zero attached hydrogens (tertiary/aromatic N) is 1. The Morgan fingerprint density at radius 2 is 1.67 bits per heavy atom. The van der Waals surface area contributed by atoms with Crippen LogP contribution in [0.4, 0.5) is 0 Å². The number of sulfone groups is 1. The first-order chi connectivity index (χ1) is 12.9. The van der Waals surface area contributed by atoms with Crippen LogP contribution in [0.2, 0.25) is 0 Å². The SMILES string of the molecule is O=C(C1COCCC1S(=O)(=O)c1ccc(Oc2ccccc2)cc1)N(O)O. The minimum absolute atomic E-state index is 0.0232. The molecule has 1 saturated heterocycles. The number of benzene rings is 2. The average Bonchev–Trinajstić information content (AvgIpc) is 2.68. The Hall–Kier alpha value is -2.46. The van der Waals surface area contributed by atoms with Crippen molar-refractivity contribution >= 4 is 15.7 Å². The lowest BCUT2D eigenvalue weighted by atomic mass is 10.0. The fraction of sp³-hybridized carbons (Fsp3) is 0.278.